The van der Waals surface area contributed by atoms with Crippen LogP contribution in [-0.2, 0) is 12.8 Å². The summed E-state index contributed by atoms with van der Waals surface area (Å²) < 4.78 is 2.85. The Labute approximate surface area is 89.9 Å². The quantitative estimate of drug-likeness (QED) is 0.693. The van der Waals surface area contributed by atoms with Gasteiger partial charge in [0.1, 0.15) is 0 Å². The van der Waals surface area contributed by atoms with Gasteiger partial charge in [-0.05, 0) is 37.3 Å². The van der Waals surface area contributed by atoms with Crippen LogP contribution in [0.2, 0.25) is 0 Å². The number of benzene rings is 1. The molecular weight excluding hydrogens is 194 g/mol. The van der Waals surface area contributed by atoms with Crippen LogP contribution in [0.4, 0.5) is 0 Å². The van der Waals surface area contributed by atoms with Gasteiger partial charge in [-0.1, -0.05) is 36.2 Å². The summed E-state index contributed by atoms with van der Waals surface area (Å²) in [5.41, 5.74) is 2.63. The van der Waals surface area contributed by atoms with Crippen molar-refractivity contribution in [2.45, 2.75) is 18.9 Å². The highest BCUT2D eigenvalue weighted by Gasteiger charge is 2.17. The van der Waals surface area contributed by atoms with Crippen LogP contribution >= 0.6 is 11.9 Å². The molecule has 0 bridgehead atoms. The molecule has 0 fully saturated rings. The first kappa shape index (κ1) is 11.6. The highest BCUT2D eigenvalue weighted by molar-refractivity contribution is 7.96. The molecule has 14 heavy (non-hydrogen) atoms. The fourth-order valence-electron chi connectivity index (χ4n) is 1.54. The van der Waals surface area contributed by atoms with E-state index in [9.17, 15) is 5.11 Å². The molecule has 0 heterocycles. The first-order chi connectivity index (χ1) is 6.77. The van der Waals surface area contributed by atoms with Crippen molar-refractivity contribution < 1.29 is 5.11 Å². The average Bonchev–Trinajstić information content (AvgIpc) is 2.58. The van der Waals surface area contributed by atoms with Gasteiger partial charge in [-0.25, -0.2) is 0 Å². The van der Waals surface area contributed by atoms with Crippen molar-refractivity contribution >= 4 is 11.9 Å². The van der Waals surface area contributed by atoms with Crippen LogP contribution in [0.5, 0.6) is 0 Å². The molecule has 0 amide bonds. The standard InChI is InChI=1S/C9H10O.C2H7NS/c10-9-5-7-3-1-2-4-8(7)6-9;1-3-4-2/h1-4,9-10H,5-6H2;3H,1-2H3. The van der Waals surface area contributed by atoms with Crippen LogP contribution in [0.3, 0.4) is 0 Å². The maximum atomic E-state index is 9.25. The Kier molecular flexibility index (Phi) is 5.01. The molecule has 78 valence electrons. The maximum Gasteiger partial charge on any atom is 0.0621 e. The highest BCUT2D eigenvalue weighted by Crippen LogP contribution is 2.20. The number of hydrogen-bond acceptors (Lipinski definition) is 3. The SMILES string of the molecule is CNSC.OC1Cc2ccccc2C1. The van der Waals surface area contributed by atoms with Crippen molar-refractivity contribution in [2.75, 3.05) is 13.3 Å². The minimum atomic E-state index is -0.127. The fraction of sp³-hybridized carbons (Fsp3) is 0.455. The molecule has 3 heteroatoms. The van der Waals surface area contributed by atoms with E-state index in [1.54, 1.807) is 11.9 Å². The molecule has 1 aromatic rings. The van der Waals surface area contributed by atoms with Crippen molar-refractivity contribution in [1.29, 1.82) is 0 Å². The molecule has 1 aliphatic rings. The van der Waals surface area contributed by atoms with Gasteiger partial charge >= 0.3 is 0 Å². The number of nitrogens with one attached hydrogen (secondary N) is 1. The van der Waals surface area contributed by atoms with E-state index in [4.69, 9.17) is 0 Å². The Morgan fingerprint density at radius 1 is 1.29 bits per heavy atom. The Morgan fingerprint density at radius 2 is 1.71 bits per heavy atom. The monoisotopic (exact) mass is 211 g/mol. The first-order valence-corrected chi connectivity index (χ1v) is 5.95. The van der Waals surface area contributed by atoms with E-state index in [0.29, 0.717) is 0 Å². The normalized spacial score (nSPS) is 14.5. The van der Waals surface area contributed by atoms with E-state index in [0.717, 1.165) is 12.8 Å². The van der Waals surface area contributed by atoms with Crippen LogP contribution in [0, 0.1) is 0 Å². The molecule has 1 aromatic carbocycles. The van der Waals surface area contributed by atoms with Crippen LogP contribution in [0.15, 0.2) is 24.3 Å². The van der Waals surface area contributed by atoms with Gasteiger partial charge in [0.25, 0.3) is 0 Å². The van der Waals surface area contributed by atoms with Gasteiger partial charge in [-0.3, -0.25) is 4.72 Å². The number of fused-ring (bicyclic) bond motifs is 1. The molecule has 0 radical (unpaired) electrons. The molecule has 1 aliphatic carbocycles. The number of aliphatic hydroxyl groups excluding tert-OH is 1. The minimum absolute atomic E-state index is 0.127. The summed E-state index contributed by atoms with van der Waals surface area (Å²) in [6.45, 7) is 0. The molecule has 2 N–H and O–H groups in total. The smallest absolute Gasteiger partial charge is 0.0621 e. The summed E-state index contributed by atoms with van der Waals surface area (Å²) in [6, 6.07) is 8.23. The number of hydrogen-bond donors (Lipinski definition) is 2. The van der Waals surface area contributed by atoms with Crippen LogP contribution in [-0.4, -0.2) is 24.5 Å². The molecule has 0 atom stereocenters. The molecule has 0 aromatic heterocycles. The second-order valence-electron chi connectivity index (χ2n) is 3.24. The minimum Gasteiger partial charge on any atom is -0.392 e. The van der Waals surface area contributed by atoms with Crippen molar-refractivity contribution in [3.05, 3.63) is 35.4 Å². The molecule has 0 unspecified atom stereocenters. The zero-order valence-corrected chi connectivity index (χ0v) is 9.47. The summed E-state index contributed by atoms with van der Waals surface area (Å²) in [4.78, 5) is 0. The van der Waals surface area contributed by atoms with Gasteiger partial charge in [-0.15, -0.1) is 0 Å². The zero-order valence-electron chi connectivity index (χ0n) is 8.66. The van der Waals surface area contributed by atoms with Gasteiger partial charge in [-0.2, -0.15) is 0 Å². The van der Waals surface area contributed by atoms with Gasteiger partial charge in [0, 0.05) is 0 Å². The third-order valence-corrected chi connectivity index (χ3v) is 2.64. The summed E-state index contributed by atoms with van der Waals surface area (Å²) in [5, 5.41) is 9.25. The number of rotatable bonds is 1. The summed E-state index contributed by atoms with van der Waals surface area (Å²) in [6.07, 6.45) is 3.55. The van der Waals surface area contributed by atoms with E-state index in [2.05, 4.69) is 16.9 Å². The largest absolute Gasteiger partial charge is 0.392 e. The predicted octanol–water partition coefficient (Wildman–Crippen LogP) is 1.63. The Morgan fingerprint density at radius 3 is 2.07 bits per heavy atom. The van der Waals surface area contributed by atoms with E-state index in [1.807, 2.05) is 25.4 Å². The van der Waals surface area contributed by atoms with Crippen LogP contribution in [0.1, 0.15) is 11.1 Å². The van der Waals surface area contributed by atoms with Gasteiger partial charge in [0.2, 0.25) is 0 Å². The second-order valence-corrected chi connectivity index (χ2v) is 4.06. The zero-order chi connectivity index (χ0) is 10.4. The van der Waals surface area contributed by atoms with Crippen molar-refractivity contribution in [3.63, 3.8) is 0 Å². The first-order valence-electron chi connectivity index (χ1n) is 4.72. The molecular formula is C11H17NOS. The molecule has 0 aliphatic heterocycles. The van der Waals surface area contributed by atoms with E-state index in [1.165, 1.54) is 11.1 Å². The molecule has 0 saturated heterocycles. The lowest BCUT2D eigenvalue weighted by Gasteiger charge is -1.93. The number of aliphatic hydroxyl groups is 1. The average molecular weight is 211 g/mol. The van der Waals surface area contributed by atoms with Crippen molar-refractivity contribution in [1.82, 2.24) is 4.72 Å². The maximum absolute atomic E-state index is 9.25. The molecule has 0 spiro atoms. The van der Waals surface area contributed by atoms with Crippen molar-refractivity contribution in [2.24, 2.45) is 0 Å². The summed E-state index contributed by atoms with van der Waals surface area (Å²) >= 11 is 1.61. The van der Waals surface area contributed by atoms with Gasteiger partial charge < -0.3 is 5.11 Å². The third-order valence-electron chi connectivity index (χ3n) is 2.23. The lowest BCUT2D eigenvalue weighted by atomic mass is 10.1. The fourth-order valence-corrected chi connectivity index (χ4v) is 1.54. The van der Waals surface area contributed by atoms with Crippen LogP contribution < -0.4 is 4.72 Å². The molecule has 0 saturated carbocycles. The molecule has 2 nitrogen and oxygen atoms in total. The highest BCUT2D eigenvalue weighted by atomic mass is 32.2. The summed E-state index contributed by atoms with van der Waals surface area (Å²) in [5.74, 6) is 0. The second kappa shape index (κ2) is 6.06. The van der Waals surface area contributed by atoms with Crippen LogP contribution in [0.25, 0.3) is 0 Å². The Hall–Kier alpha value is -0.510. The third kappa shape index (κ3) is 3.33. The van der Waals surface area contributed by atoms with Gasteiger partial charge in [0.15, 0.2) is 0 Å². The summed E-state index contributed by atoms with van der Waals surface area (Å²) in [7, 11) is 1.89. The van der Waals surface area contributed by atoms with E-state index < -0.39 is 0 Å². The lowest BCUT2D eigenvalue weighted by Crippen LogP contribution is -2.03. The van der Waals surface area contributed by atoms with E-state index >= 15 is 0 Å². The van der Waals surface area contributed by atoms with Crippen molar-refractivity contribution in [3.8, 4) is 0 Å². The Balaban J connectivity index is 0.000000213. The molecule has 2 rings (SSSR count). The van der Waals surface area contributed by atoms with Gasteiger partial charge in [0.05, 0.1) is 6.10 Å². The lowest BCUT2D eigenvalue weighted by molar-refractivity contribution is 0.187. The topological polar surface area (TPSA) is 32.3 Å². The Bertz CT molecular complexity index is 251. The van der Waals surface area contributed by atoms with E-state index in [-0.39, 0.29) is 6.10 Å². The predicted molar refractivity (Wildman–Crippen MR) is 62.4 cm³/mol.